The third-order valence-corrected chi connectivity index (χ3v) is 10.3. The molecule has 6 rings (SSSR count). The molecule has 1 aliphatic carbocycles. The van der Waals surface area contributed by atoms with Crippen LogP contribution in [0.1, 0.15) is 92.0 Å². The predicted molar refractivity (Wildman–Crippen MR) is 182 cm³/mol. The predicted octanol–water partition coefficient (Wildman–Crippen LogP) is 4.86. The highest BCUT2D eigenvalue weighted by Gasteiger charge is 2.52. The lowest BCUT2D eigenvalue weighted by Gasteiger charge is -2.49. The summed E-state index contributed by atoms with van der Waals surface area (Å²) >= 11 is 0. The van der Waals surface area contributed by atoms with Crippen molar-refractivity contribution in [2.45, 2.75) is 98.3 Å². The van der Waals surface area contributed by atoms with Gasteiger partial charge in [0.25, 0.3) is 11.7 Å². The van der Waals surface area contributed by atoms with E-state index in [0.29, 0.717) is 0 Å². The van der Waals surface area contributed by atoms with Crippen molar-refractivity contribution < 1.29 is 53.1 Å². The molecule has 0 spiro atoms. The maximum atomic E-state index is 13.9. The van der Waals surface area contributed by atoms with Crippen LogP contribution in [0.3, 0.4) is 0 Å². The highest BCUT2D eigenvalue weighted by Crippen LogP contribution is 2.48. The highest BCUT2D eigenvalue weighted by molar-refractivity contribution is 6.30. The second-order valence-corrected chi connectivity index (χ2v) is 14.4. The molecule has 12 nitrogen and oxygen atoms in total. The molecule has 270 valence electrons. The molecule has 0 aromatic heterocycles. The minimum atomic E-state index is -1.97. The van der Waals surface area contributed by atoms with Crippen molar-refractivity contribution in [2.75, 3.05) is 7.11 Å². The van der Waals surface area contributed by atoms with Crippen LogP contribution in [0.4, 0.5) is 0 Å². The van der Waals surface area contributed by atoms with Crippen molar-refractivity contribution in [1.29, 1.82) is 0 Å². The number of phenolic OH excluding ortho intramolecular Hbond substituents is 1. The molecule has 3 N–H and O–H groups in total. The van der Waals surface area contributed by atoms with Crippen LogP contribution in [0, 0.1) is 30.6 Å². The monoisotopic (exact) mass is 693 g/mol. The van der Waals surface area contributed by atoms with Crippen LogP contribution in [0.5, 0.6) is 11.5 Å². The smallest absolute Gasteiger partial charge is 0.312 e. The van der Waals surface area contributed by atoms with Gasteiger partial charge in [-0.15, -0.1) is 0 Å². The first-order chi connectivity index (χ1) is 23.3. The molecule has 1 aromatic rings. The lowest BCUT2D eigenvalue weighted by atomic mass is 9.77. The maximum Gasteiger partial charge on any atom is 0.312 e. The van der Waals surface area contributed by atoms with Crippen molar-refractivity contribution in [3.8, 4) is 11.5 Å². The molecular weight excluding hydrogens is 646 g/mol. The van der Waals surface area contributed by atoms with Crippen LogP contribution in [-0.2, 0) is 23.7 Å². The van der Waals surface area contributed by atoms with Crippen LogP contribution in [0.15, 0.2) is 47.9 Å². The number of allylic oxidation sites excluding steroid dienone is 4. The first kappa shape index (κ1) is 37.2. The van der Waals surface area contributed by atoms with Crippen molar-refractivity contribution in [3.05, 3.63) is 70.2 Å². The number of phenols is 1. The zero-order valence-corrected chi connectivity index (χ0v) is 30.2. The third-order valence-electron chi connectivity index (χ3n) is 10.3. The number of fused-ring (bicyclic) bond motifs is 10. The number of amides is 1. The molecule has 7 bridgehead atoms. The minimum Gasteiger partial charge on any atom is -0.507 e. The van der Waals surface area contributed by atoms with E-state index in [1.54, 1.807) is 25.2 Å². The number of hydrogen-bond acceptors (Lipinski definition) is 11. The van der Waals surface area contributed by atoms with Gasteiger partial charge in [-0.05, 0) is 33.8 Å². The third kappa shape index (κ3) is 6.45. The number of carbonyl (C=O) groups is 4. The first-order valence-electron chi connectivity index (χ1n) is 16.8. The number of aromatic hydroxyl groups is 1. The van der Waals surface area contributed by atoms with E-state index in [1.807, 2.05) is 47.6 Å². The fraction of sp³-hybridized carbons (Fsp3) is 0.526. The number of benzene rings is 1. The van der Waals surface area contributed by atoms with Crippen molar-refractivity contribution in [2.24, 2.45) is 23.7 Å². The summed E-state index contributed by atoms with van der Waals surface area (Å²) in [6, 6.07) is 0. The Kier molecular flexibility index (Phi) is 10.1. The Hall–Kier alpha value is -4.10. The summed E-state index contributed by atoms with van der Waals surface area (Å²) < 4.78 is 30.3. The fourth-order valence-electron chi connectivity index (χ4n) is 7.31. The second kappa shape index (κ2) is 13.6. The van der Waals surface area contributed by atoms with Crippen LogP contribution < -0.4 is 10.1 Å². The number of nitrogens with one attached hydrogen (secondary N) is 1. The number of ether oxygens (including phenoxy) is 5. The zero-order valence-electron chi connectivity index (χ0n) is 30.2. The molecule has 4 heterocycles. The molecule has 1 fully saturated rings. The number of rotatable bonds is 1. The molecule has 0 radical (unpaired) electrons. The second-order valence-electron chi connectivity index (χ2n) is 14.4. The molecule has 9 unspecified atom stereocenters. The average molecular weight is 694 g/mol. The van der Waals surface area contributed by atoms with E-state index in [9.17, 15) is 29.4 Å². The molecule has 50 heavy (non-hydrogen) atoms. The Bertz CT molecular complexity index is 1740. The minimum absolute atomic E-state index is 0.0484. The van der Waals surface area contributed by atoms with Crippen molar-refractivity contribution in [1.82, 2.24) is 5.32 Å². The highest BCUT2D eigenvalue weighted by atomic mass is 16.7. The summed E-state index contributed by atoms with van der Waals surface area (Å²) in [7, 11) is 1.49. The molecule has 4 aliphatic heterocycles. The summed E-state index contributed by atoms with van der Waals surface area (Å²) in [4.78, 5) is 54.2. The van der Waals surface area contributed by atoms with Gasteiger partial charge in [0.15, 0.2) is 11.6 Å². The fourth-order valence-corrected chi connectivity index (χ4v) is 7.31. The summed E-state index contributed by atoms with van der Waals surface area (Å²) in [6.45, 7) is 15.8. The molecule has 5 aliphatic rings. The van der Waals surface area contributed by atoms with Gasteiger partial charge in [0.2, 0.25) is 5.78 Å². The van der Waals surface area contributed by atoms with Gasteiger partial charge in [-0.2, -0.15) is 0 Å². The van der Waals surface area contributed by atoms with Crippen LogP contribution in [0.2, 0.25) is 0 Å². The summed E-state index contributed by atoms with van der Waals surface area (Å²) in [6.07, 6.45) is 6.70. The SMILES string of the molecule is COC1/C=C/OC2(C)Oc3c(C)c(O)c4c(c3C2=O)C(=O)C=C(NC(=O)/C(C)=C\C=C\C(C)C2OC(C)(C)OC(C(C)C(O)C1C)C2C)C4=O. The van der Waals surface area contributed by atoms with E-state index in [0.717, 1.165) is 6.08 Å². The number of aliphatic hydroxyl groups is 1. The summed E-state index contributed by atoms with van der Waals surface area (Å²) in [5.74, 6) is -7.63. The van der Waals surface area contributed by atoms with E-state index in [1.165, 1.54) is 27.2 Å². The van der Waals surface area contributed by atoms with Gasteiger partial charge in [-0.25, -0.2) is 0 Å². The number of hydrogen-bond donors (Lipinski definition) is 3. The zero-order chi connectivity index (χ0) is 37.0. The van der Waals surface area contributed by atoms with Gasteiger partial charge in [-0.3, -0.25) is 19.2 Å². The quantitative estimate of drug-likeness (QED) is 0.368. The van der Waals surface area contributed by atoms with Crippen LogP contribution in [0.25, 0.3) is 0 Å². The average Bonchev–Trinajstić information content (AvgIpc) is 3.32. The molecule has 1 amide bonds. The van der Waals surface area contributed by atoms with E-state index in [-0.39, 0.29) is 63.7 Å². The number of carbonyl (C=O) groups excluding carboxylic acids is 4. The lowest BCUT2D eigenvalue weighted by molar-refractivity contribution is -0.336. The lowest BCUT2D eigenvalue weighted by Crippen LogP contribution is -2.56. The molecule has 1 aromatic carbocycles. The van der Waals surface area contributed by atoms with E-state index < -0.39 is 64.3 Å². The van der Waals surface area contributed by atoms with Gasteiger partial charge < -0.3 is 39.2 Å². The molecule has 1 saturated heterocycles. The van der Waals surface area contributed by atoms with Gasteiger partial charge >= 0.3 is 5.79 Å². The number of ketones is 3. The molecule has 9 atom stereocenters. The van der Waals surface area contributed by atoms with Gasteiger partial charge in [-0.1, -0.05) is 45.9 Å². The standard InChI is InChI=1S/C38H47NO11/c1-17-12-11-13-18(2)36(45)39-23-16-24(40)26-27(31(23)43)30(42)21(5)34-28(26)35(44)38(9,50-34)47-15-14-25(46-10)19(3)29(41)20(4)33-22(6)32(17)48-37(7,8)49-33/h11-17,19-20,22,25,29,32-33,41-42H,1-10H3,(H,39,45)/b12-11+,15-14+,18-13-. The molecule has 12 heteroatoms. The Morgan fingerprint density at radius 3 is 2.20 bits per heavy atom. The van der Waals surface area contributed by atoms with Crippen molar-refractivity contribution in [3.63, 3.8) is 0 Å². The normalized spacial score (nSPS) is 36.8. The Morgan fingerprint density at radius 2 is 1.54 bits per heavy atom. The first-order valence-corrected chi connectivity index (χ1v) is 16.8. The summed E-state index contributed by atoms with van der Waals surface area (Å²) in [5.41, 5.74) is -1.00. The van der Waals surface area contributed by atoms with Crippen LogP contribution >= 0.6 is 0 Å². The summed E-state index contributed by atoms with van der Waals surface area (Å²) in [5, 5.41) is 25.3. The van der Waals surface area contributed by atoms with Gasteiger partial charge in [0, 0.05) is 54.9 Å². The Balaban J connectivity index is 1.59. The van der Waals surface area contributed by atoms with Crippen LogP contribution in [-0.4, -0.2) is 76.6 Å². The number of methoxy groups -OCH3 is 1. The topological polar surface area (TPSA) is 167 Å². The largest absolute Gasteiger partial charge is 0.507 e. The molecule has 0 saturated carbocycles. The number of aliphatic hydroxyl groups excluding tert-OH is 1. The van der Waals surface area contributed by atoms with Gasteiger partial charge in [0.1, 0.15) is 11.5 Å². The molecular formula is C38H47NO11. The maximum absolute atomic E-state index is 13.9. The Morgan fingerprint density at radius 1 is 0.880 bits per heavy atom. The van der Waals surface area contributed by atoms with Crippen molar-refractivity contribution >= 4 is 23.3 Å². The van der Waals surface area contributed by atoms with Gasteiger partial charge in [0.05, 0.1) is 53.1 Å². The number of Topliss-reactive ketones (excluding diaryl/α,β-unsaturated/α-hetero) is 2. The Labute approximate surface area is 292 Å². The van der Waals surface area contributed by atoms with E-state index in [4.69, 9.17) is 23.7 Å². The van der Waals surface area contributed by atoms with E-state index >= 15 is 0 Å². The van der Waals surface area contributed by atoms with E-state index in [2.05, 4.69) is 5.32 Å².